The molecule has 4 heteroatoms. The minimum absolute atomic E-state index is 0.155. The highest BCUT2D eigenvalue weighted by Crippen LogP contribution is 2.18. The lowest BCUT2D eigenvalue weighted by Gasteiger charge is -2.08. The number of nitrogens with two attached hydrogens (primary N) is 1. The monoisotopic (exact) mass is 243 g/mol. The van der Waals surface area contributed by atoms with Gasteiger partial charge in [-0.2, -0.15) is 0 Å². The first-order valence-electron chi connectivity index (χ1n) is 6.03. The third-order valence-electron chi connectivity index (χ3n) is 2.86. The highest BCUT2D eigenvalue weighted by atomic mass is 16.3. The third kappa shape index (κ3) is 2.72. The fraction of sp³-hybridized carbons (Fsp3) is 0.286. The van der Waals surface area contributed by atoms with Gasteiger partial charge in [0.1, 0.15) is 5.82 Å². The number of benzene rings is 1. The van der Waals surface area contributed by atoms with Gasteiger partial charge in [-0.05, 0) is 18.1 Å². The van der Waals surface area contributed by atoms with Gasteiger partial charge in [0.05, 0.1) is 18.3 Å². The number of hydrogen-bond donors (Lipinski definition) is 2. The molecule has 0 fully saturated rings. The van der Waals surface area contributed by atoms with E-state index in [0.717, 1.165) is 17.7 Å². The molecular weight excluding hydrogens is 226 g/mol. The molecule has 2 aromatic rings. The molecule has 94 valence electrons. The Hall–Kier alpha value is -1.78. The summed E-state index contributed by atoms with van der Waals surface area (Å²) in [5.74, 6) is 0.467. The largest absolute Gasteiger partial charge is 0.394 e. The first-order chi connectivity index (χ1) is 8.74. The minimum atomic E-state index is -0.528. The van der Waals surface area contributed by atoms with Gasteiger partial charge in [-0.15, -0.1) is 0 Å². The average Bonchev–Trinajstić information content (AvgIpc) is 2.46. The summed E-state index contributed by atoms with van der Waals surface area (Å²) in [5, 5.41) is 9.01. The molecular formula is C14H17N3O. The van der Waals surface area contributed by atoms with Crippen LogP contribution in [-0.4, -0.2) is 21.7 Å². The topological polar surface area (TPSA) is 72.0 Å². The van der Waals surface area contributed by atoms with Crippen LogP contribution < -0.4 is 5.73 Å². The Balaban J connectivity index is 2.32. The Morgan fingerprint density at radius 2 is 1.94 bits per heavy atom. The summed E-state index contributed by atoms with van der Waals surface area (Å²) in [6.45, 7) is 1.97. The van der Waals surface area contributed by atoms with Gasteiger partial charge in [0, 0.05) is 11.8 Å². The van der Waals surface area contributed by atoms with Crippen molar-refractivity contribution in [1.29, 1.82) is 0 Å². The molecule has 0 radical (unpaired) electrons. The molecule has 0 bridgehead atoms. The van der Waals surface area contributed by atoms with E-state index in [0.29, 0.717) is 5.82 Å². The summed E-state index contributed by atoms with van der Waals surface area (Å²) in [4.78, 5) is 8.45. The van der Waals surface area contributed by atoms with E-state index in [1.54, 1.807) is 6.20 Å². The quantitative estimate of drug-likeness (QED) is 0.857. The average molecular weight is 243 g/mol. The summed E-state index contributed by atoms with van der Waals surface area (Å²) in [6.07, 6.45) is 2.69. The van der Waals surface area contributed by atoms with Crippen LogP contribution in [0.1, 0.15) is 24.4 Å². The molecule has 0 spiro atoms. The lowest BCUT2D eigenvalue weighted by molar-refractivity contribution is 0.263. The van der Waals surface area contributed by atoms with Crippen molar-refractivity contribution in [2.24, 2.45) is 5.73 Å². The van der Waals surface area contributed by atoms with Gasteiger partial charge in [0.25, 0.3) is 0 Å². The molecule has 2 rings (SSSR count). The first-order valence-corrected chi connectivity index (χ1v) is 6.03. The van der Waals surface area contributed by atoms with Crippen LogP contribution in [0.15, 0.2) is 36.5 Å². The van der Waals surface area contributed by atoms with Crippen molar-refractivity contribution in [2.75, 3.05) is 6.61 Å². The van der Waals surface area contributed by atoms with Crippen molar-refractivity contribution in [3.8, 4) is 11.3 Å². The normalized spacial score (nSPS) is 12.4. The third-order valence-corrected chi connectivity index (χ3v) is 2.86. The molecule has 3 N–H and O–H groups in total. The van der Waals surface area contributed by atoms with E-state index in [9.17, 15) is 0 Å². The lowest BCUT2D eigenvalue weighted by Crippen LogP contribution is -2.17. The maximum absolute atomic E-state index is 9.01. The Bertz CT molecular complexity index is 511. The van der Waals surface area contributed by atoms with E-state index in [1.807, 2.05) is 18.2 Å². The van der Waals surface area contributed by atoms with Crippen molar-refractivity contribution < 1.29 is 5.11 Å². The van der Waals surface area contributed by atoms with E-state index < -0.39 is 6.04 Å². The zero-order chi connectivity index (χ0) is 13.0. The Labute approximate surface area is 107 Å². The van der Waals surface area contributed by atoms with Crippen LogP contribution in [0.5, 0.6) is 0 Å². The molecule has 18 heavy (non-hydrogen) atoms. The molecule has 1 aromatic heterocycles. The molecule has 4 nitrogen and oxygen atoms in total. The molecule has 1 atom stereocenters. The highest BCUT2D eigenvalue weighted by molar-refractivity contribution is 5.59. The van der Waals surface area contributed by atoms with Crippen LogP contribution >= 0.6 is 0 Å². The summed E-state index contributed by atoms with van der Waals surface area (Å²) in [7, 11) is 0. The van der Waals surface area contributed by atoms with Crippen LogP contribution in [0.25, 0.3) is 11.3 Å². The maximum atomic E-state index is 9.01. The Morgan fingerprint density at radius 3 is 2.56 bits per heavy atom. The van der Waals surface area contributed by atoms with Gasteiger partial charge in [0.15, 0.2) is 0 Å². The van der Waals surface area contributed by atoms with Crippen molar-refractivity contribution in [3.05, 3.63) is 47.9 Å². The van der Waals surface area contributed by atoms with Crippen LogP contribution in [0, 0.1) is 0 Å². The molecule has 1 aromatic carbocycles. The zero-order valence-electron chi connectivity index (χ0n) is 10.4. The number of aliphatic hydroxyl groups is 1. The van der Waals surface area contributed by atoms with Gasteiger partial charge < -0.3 is 10.8 Å². The number of nitrogens with zero attached hydrogens (tertiary/aromatic N) is 2. The number of aliphatic hydroxyl groups excluding tert-OH is 1. The van der Waals surface area contributed by atoms with Gasteiger partial charge >= 0.3 is 0 Å². The van der Waals surface area contributed by atoms with Crippen molar-refractivity contribution in [3.63, 3.8) is 0 Å². The van der Waals surface area contributed by atoms with Crippen LogP contribution in [0.4, 0.5) is 0 Å². The summed E-state index contributed by atoms with van der Waals surface area (Å²) in [5.41, 5.74) is 8.86. The van der Waals surface area contributed by atoms with Crippen molar-refractivity contribution in [1.82, 2.24) is 9.97 Å². The molecule has 0 aliphatic heterocycles. The smallest absolute Gasteiger partial charge is 0.147 e. The van der Waals surface area contributed by atoms with Gasteiger partial charge in [0.2, 0.25) is 0 Å². The number of rotatable bonds is 4. The van der Waals surface area contributed by atoms with Gasteiger partial charge in [-0.25, -0.2) is 9.97 Å². The predicted molar refractivity (Wildman–Crippen MR) is 70.9 cm³/mol. The molecule has 0 saturated carbocycles. The second kappa shape index (κ2) is 5.71. The zero-order valence-corrected chi connectivity index (χ0v) is 10.4. The number of aromatic nitrogens is 2. The first kappa shape index (κ1) is 12.7. The van der Waals surface area contributed by atoms with Gasteiger partial charge in [-0.1, -0.05) is 31.2 Å². The maximum Gasteiger partial charge on any atom is 0.147 e. The van der Waals surface area contributed by atoms with E-state index in [2.05, 4.69) is 29.0 Å². The Morgan fingerprint density at radius 1 is 1.22 bits per heavy atom. The van der Waals surface area contributed by atoms with E-state index >= 15 is 0 Å². The fourth-order valence-corrected chi connectivity index (χ4v) is 1.71. The molecule has 1 heterocycles. The van der Waals surface area contributed by atoms with Crippen LogP contribution in [0.2, 0.25) is 0 Å². The minimum Gasteiger partial charge on any atom is -0.394 e. The lowest BCUT2D eigenvalue weighted by atomic mass is 10.1. The van der Waals surface area contributed by atoms with E-state index in [-0.39, 0.29) is 6.61 Å². The molecule has 0 amide bonds. The molecule has 1 unspecified atom stereocenters. The predicted octanol–water partition coefficient (Wildman–Crippen LogP) is 1.70. The molecule has 0 saturated heterocycles. The summed E-state index contributed by atoms with van der Waals surface area (Å²) in [6, 6.07) is 9.56. The summed E-state index contributed by atoms with van der Waals surface area (Å²) >= 11 is 0. The number of aryl methyl sites for hydroxylation is 1. The SMILES string of the molecule is CCc1ccc(-c2ccnc(C(N)CO)n2)cc1. The highest BCUT2D eigenvalue weighted by Gasteiger charge is 2.09. The fourth-order valence-electron chi connectivity index (χ4n) is 1.71. The molecule has 0 aliphatic rings. The van der Waals surface area contributed by atoms with E-state index in [1.165, 1.54) is 5.56 Å². The second-order valence-electron chi connectivity index (χ2n) is 4.14. The summed E-state index contributed by atoms with van der Waals surface area (Å²) < 4.78 is 0. The van der Waals surface area contributed by atoms with E-state index in [4.69, 9.17) is 10.8 Å². The van der Waals surface area contributed by atoms with Crippen molar-refractivity contribution in [2.45, 2.75) is 19.4 Å². The van der Waals surface area contributed by atoms with Crippen LogP contribution in [-0.2, 0) is 6.42 Å². The van der Waals surface area contributed by atoms with Crippen molar-refractivity contribution >= 4 is 0 Å². The van der Waals surface area contributed by atoms with Gasteiger partial charge in [-0.3, -0.25) is 0 Å². The van der Waals surface area contributed by atoms with Crippen LogP contribution in [0.3, 0.4) is 0 Å². The second-order valence-corrected chi connectivity index (χ2v) is 4.14. The standard InChI is InChI=1S/C14H17N3O/c1-2-10-3-5-11(6-4-10)13-7-8-16-14(17-13)12(15)9-18/h3-8,12,18H,2,9,15H2,1H3. The molecule has 0 aliphatic carbocycles. The number of hydrogen-bond acceptors (Lipinski definition) is 4. The Kier molecular flexibility index (Phi) is 4.02.